The van der Waals surface area contributed by atoms with E-state index in [1.54, 1.807) is 18.0 Å². The van der Waals surface area contributed by atoms with Crippen LogP contribution in [0.5, 0.6) is 0 Å². The molecule has 0 bridgehead atoms. The maximum absolute atomic E-state index is 13.4. The molecule has 36 heavy (non-hydrogen) atoms. The highest BCUT2D eigenvalue weighted by atomic mass is 16.5. The van der Waals surface area contributed by atoms with Gasteiger partial charge in [-0.3, -0.25) is 14.5 Å². The molecule has 11 heteroatoms. The third kappa shape index (κ3) is 4.20. The van der Waals surface area contributed by atoms with Gasteiger partial charge in [0.05, 0.1) is 37.0 Å². The number of rotatable bonds is 4. The van der Waals surface area contributed by atoms with Gasteiger partial charge in [0, 0.05) is 63.5 Å². The number of carbonyl (C=O) groups is 2. The van der Waals surface area contributed by atoms with E-state index in [9.17, 15) is 9.59 Å². The van der Waals surface area contributed by atoms with Crippen molar-refractivity contribution >= 4 is 39.7 Å². The Morgan fingerprint density at radius 1 is 1.03 bits per heavy atom. The number of hydrogen-bond donors (Lipinski definition) is 1. The first-order chi connectivity index (χ1) is 17.6. The van der Waals surface area contributed by atoms with Crippen LogP contribution in [-0.2, 0) is 9.53 Å². The molecule has 6 rings (SSSR count). The first-order valence-corrected chi connectivity index (χ1v) is 12.2. The lowest BCUT2D eigenvalue weighted by atomic mass is 10.1. The highest BCUT2D eigenvalue weighted by Gasteiger charge is 2.25. The minimum atomic E-state index is -0.154. The summed E-state index contributed by atoms with van der Waals surface area (Å²) in [6.45, 7) is 6.92. The molecule has 2 saturated heterocycles. The average molecular weight is 489 g/mol. The number of piperazine rings is 1. The number of nitrogens with one attached hydrogen (secondary N) is 1. The van der Waals surface area contributed by atoms with E-state index in [1.807, 2.05) is 18.3 Å². The Balaban J connectivity index is 1.36. The lowest BCUT2D eigenvalue weighted by Gasteiger charge is -2.33. The summed E-state index contributed by atoms with van der Waals surface area (Å²) in [6, 6.07) is 8.18. The lowest BCUT2D eigenvalue weighted by Crippen LogP contribution is -2.49. The molecule has 0 atom stereocenters. The summed E-state index contributed by atoms with van der Waals surface area (Å²) < 4.78 is 6.91. The van der Waals surface area contributed by atoms with Crippen molar-refractivity contribution in [2.24, 2.45) is 0 Å². The highest BCUT2D eigenvalue weighted by molar-refractivity contribution is 5.98. The zero-order valence-electron chi connectivity index (χ0n) is 20.2. The van der Waals surface area contributed by atoms with Crippen molar-refractivity contribution < 1.29 is 14.3 Å². The molecule has 2 aliphatic rings. The van der Waals surface area contributed by atoms with Crippen LogP contribution in [0, 0.1) is 0 Å². The van der Waals surface area contributed by atoms with E-state index in [2.05, 4.69) is 32.0 Å². The molecule has 2 aliphatic heterocycles. The average Bonchev–Trinajstić information content (AvgIpc) is 3.55. The van der Waals surface area contributed by atoms with Crippen LogP contribution >= 0.6 is 0 Å². The molecule has 0 saturated carbocycles. The Kier molecular flexibility index (Phi) is 5.86. The van der Waals surface area contributed by atoms with Crippen molar-refractivity contribution in [3.63, 3.8) is 0 Å². The first kappa shape index (κ1) is 22.6. The van der Waals surface area contributed by atoms with E-state index in [0.717, 1.165) is 27.5 Å². The van der Waals surface area contributed by atoms with Crippen molar-refractivity contribution in [2.75, 3.05) is 63.9 Å². The van der Waals surface area contributed by atoms with Gasteiger partial charge in [-0.1, -0.05) is 12.1 Å². The Labute approximate surface area is 207 Å². The second kappa shape index (κ2) is 9.32. The zero-order valence-corrected chi connectivity index (χ0v) is 20.2. The second-order valence-electron chi connectivity index (χ2n) is 9.22. The molecule has 0 radical (unpaired) electrons. The first-order valence-electron chi connectivity index (χ1n) is 12.2. The molecule has 1 aromatic carbocycles. The molecular formula is C25H28N8O3. The monoisotopic (exact) mass is 488 g/mol. The fourth-order valence-electron chi connectivity index (χ4n) is 4.88. The van der Waals surface area contributed by atoms with E-state index in [-0.39, 0.29) is 18.4 Å². The quantitative estimate of drug-likeness (QED) is 0.461. The van der Waals surface area contributed by atoms with Crippen LogP contribution in [0.4, 0.5) is 5.95 Å². The summed E-state index contributed by atoms with van der Waals surface area (Å²) in [5.74, 6) is 0.479. The number of amides is 1. The van der Waals surface area contributed by atoms with Gasteiger partial charge in [-0.25, -0.2) is 4.98 Å². The fourth-order valence-corrected chi connectivity index (χ4v) is 4.88. The van der Waals surface area contributed by atoms with Crippen molar-refractivity contribution in [1.82, 2.24) is 34.5 Å². The van der Waals surface area contributed by atoms with Crippen LogP contribution in [0.25, 0.3) is 33.2 Å². The smallest absolute Gasteiger partial charge is 0.263 e. The molecule has 11 nitrogen and oxygen atoms in total. The van der Waals surface area contributed by atoms with E-state index in [0.29, 0.717) is 64.1 Å². The van der Waals surface area contributed by atoms with Crippen LogP contribution in [0.1, 0.15) is 11.7 Å². The predicted octanol–water partition coefficient (Wildman–Crippen LogP) is 1.62. The minimum Gasteiger partial charge on any atom is -0.378 e. The number of ether oxygens (including phenoxy) is 1. The van der Waals surface area contributed by atoms with E-state index < -0.39 is 0 Å². The summed E-state index contributed by atoms with van der Waals surface area (Å²) in [5, 5.41) is 6.30. The summed E-state index contributed by atoms with van der Waals surface area (Å²) in [4.78, 5) is 43.9. The maximum Gasteiger partial charge on any atom is 0.263 e. The van der Waals surface area contributed by atoms with Crippen LogP contribution in [0.15, 0.2) is 36.7 Å². The molecule has 1 amide bonds. The molecule has 2 fully saturated rings. The number of benzene rings is 1. The molecule has 1 N–H and O–H groups in total. The third-order valence-electron chi connectivity index (χ3n) is 6.95. The van der Waals surface area contributed by atoms with Crippen LogP contribution in [0.3, 0.4) is 0 Å². The van der Waals surface area contributed by atoms with Crippen LogP contribution < -0.4 is 4.90 Å². The largest absolute Gasteiger partial charge is 0.378 e. The minimum absolute atomic E-state index is 0.0662. The molecule has 0 aliphatic carbocycles. The Morgan fingerprint density at radius 3 is 2.61 bits per heavy atom. The van der Waals surface area contributed by atoms with Gasteiger partial charge in [0.15, 0.2) is 5.65 Å². The highest BCUT2D eigenvalue weighted by Crippen LogP contribution is 2.30. The lowest BCUT2D eigenvalue weighted by molar-refractivity contribution is -0.130. The van der Waals surface area contributed by atoms with Gasteiger partial charge in [-0.2, -0.15) is 14.8 Å². The molecule has 0 spiro atoms. The molecular weight excluding hydrogens is 460 g/mol. The molecule has 0 unspecified atom stereocenters. The van der Waals surface area contributed by atoms with Gasteiger partial charge < -0.3 is 19.5 Å². The fraction of sp³-hybridized carbons (Fsp3) is 0.400. The van der Waals surface area contributed by atoms with Gasteiger partial charge in [-0.05, 0) is 17.5 Å². The number of anilines is 1. The summed E-state index contributed by atoms with van der Waals surface area (Å²) in [5.41, 5.74) is 3.19. The van der Waals surface area contributed by atoms with Gasteiger partial charge in [-0.15, -0.1) is 0 Å². The van der Waals surface area contributed by atoms with Crippen molar-refractivity contribution in [2.45, 2.75) is 6.92 Å². The number of nitrogens with zero attached hydrogens (tertiary/aromatic N) is 7. The number of fused-ring (bicyclic) bond motifs is 2. The van der Waals surface area contributed by atoms with Crippen molar-refractivity contribution in [3.8, 4) is 11.3 Å². The summed E-state index contributed by atoms with van der Waals surface area (Å²) in [7, 11) is 0. The topological polar surface area (TPSA) is 112 Å². The van der Waals surface area contributed by atoms with Gasteiger partial charge >= 0.3 is 0 Å². The number of H-pyrrole nitrogens is 1. The Bertz CT molecular complexity index is 1430. The third-order valence-corrected chi connectivity index (χ3v) is 6.95. The predicted molar refractivity (Wildman–Crippen MR) is 135 cm³/mol. The molecule has 186 valence electrons. The molecule has 5 heterocycles. The Morgan fingerprint density at radius 2 is 1.83 bits per heavy atom. The molecule has 3 aromatic heterocycles. The van der Waals surface area contributed by atoms with Crippen LogP contribution in [0.2, 0.25) is 0 Å². The number of aromatic amines is 1. The standard InChI is InChI=1S/C25H28N8O3/c1-17(34)31-8-6-30(7-9-31)16-22(35)33-24-20(15-27-33)23(19-3-2-18-4-5-26-21(18)14-19)28-25(29-24)32-10-12-36-13-11-32/h2-5,14-15,26H,6-13,16H2,1H3. The van der Waals surface area contributed by atoms with Gasteiger partial charge in [0.25, 0.3) is 5.91 Å². The van der Waals surface area contributed by atoms with Gasteiger partial charge in [0.1, 0.15) is 0 Å². The maximum atomic E-state index is 13.4. The normalized spacial score (nSPS) is 17.2. The summed E-state index contributed by atoms with van der Waals surface area (Å²) >= 11 is 0. The van der Waals surface area contributed by atoms with Crippen LogP contribution in [-0.4, -0.2) is 105 Å². The van der Waals surface area contributed by atoms with Crippen molar-refractivity contribution in [1.29, 1.82) is 0 Å². The number of morpholine rings is 1. The van der Waals surface area contributed by atoms with Gasteiger partial charge in [0.2, 0.25) is 11.9 Å². The number of aromatic nitrogens is 5. The SMILES string of the molecule is CC(=O)N1CCN(CC(=O)n2ncc3c(-c4ccc5cc[nH]c5c4)nc(N4CCOCC4)nc32)CC1. The van der Waals surface area contributed by atoms with E-state index >= 15 is 0 Å². The summed E-state index contributed by atoms with van der Waals surface area (Å²) in [6.07, 6.45) is 3.59. The van der Waals surface area contributed by atoms with E-state index in [4.69, 9.17) is 14.7 Å². The zero-order chi connectivity index (χ0) is 24.6. The van der Waals surface area contributed by atoms with Crippen molar-refractivity contribution in [3.05, 3.63) is 36.7 Å². The number of hydrogen-bond acceptors (Lipinski definition) is 8. The van der Waals surface area contributed by atoms with E-state index in [1.165, 1.54) is 4.68 Å². The Hall–Kier alpha value is -3.83. The molecule has 4 aromatic rings. The second-order valence-corrected chi connectivity index (χ2v) is 9.22. The number of carbonyl (C=O) groups excluding carboxylic acids is 2.